The van der Waals surface area contributed by atoms with Crippen LogP contribution in [0.3, 0.4) is 0 Å². The van der Waals surface area contributed by atoms with Gasteiger partial charge in [0.1, 0.15) is 0 Å². The summed E-state index contributed by atoms with van der Waals surface area (Å²) in [6, 6.07) is 2.36. The lowest BCUT2D eigenvalue weighted by Crippen LogP contribution is -2.15. The van der Waals surface area contributed by atoms with E-state index in [1.807, 2.05) is 4.68 Å². The first kappa shape index (κ1) is 14.6. The van der Waals surface area contributed by atoms with Crippen molar-refractivity contribution in [2.45, 2.75) is 76.2 Å². The van der Waals surface area contributed by atoms with Crippen LogP contribution in [0.1, 0.15) is 80.2 Å². The molecule has 0 aliphatic heterocycles. The van der Waals surface area contributed by atoms with Crippen molar-refractivity contribution in [2.75, 3.05) is 6.61 Å². The maximum Gasteiger partial charge on any atom is 0.0693 e. The second-order valence-corrected chi connectivity index (χ2v) is 6.48. The van der Waals surface area contributed by atoms with E-state index in [1.54, 1.807) is 0 Å². The fourth-order valence-electron chi connectivity index (χ4n) is 4.17. The molecule has 0 aromatic carbocycles. The van der Waals surface area contributed by atoms with Crippen LogP contribution in [0.25, 0.3) is 0 Å². The summed E-state index contributed by atoms with van der Waals surface area (Å²) >= 11 is 0. The second-order valence-electron chi connectivity index (χ2n) is 6.48. The van der Waals surface area contributed by atoms with Crippen LogP contribution in [-0.2, 0) is 13.0 Å². The summed E-state index contributed by atoms with van der Waals surface area (Å²) in [6.45, 7) is 0.732. The lowest BCUT2D eigenvalue weighted by atomic mass is 9.78. The van der Waals surface area contributed by atoms with Gasteiger partial charge in [-0.1, -0.05) is 19.3 Å². The van der Waals surface area contributed by atoms with Crippen molar-refractivity contribution in [1.82, 2.24) is 9.78 Å². The Morgan fingerprint density at radius 3 is 2.71 bits per heavy atom. The molecule has 114 valence electrons. The SMILES string of the molecule is N#CCC1CCCc2c1c(C1CCCCC1)nn2CCO. The van der Waals surface area contributed by atoms with Crippen LogP contribution in [0, 0.1) is 11.3 Å². The van der Waals surface area contributed by atoms with Gasteiger partial charge in [0.05, 0.1) is 24.9 Å². The van der Waals surface area contributed by atoms with E-state index in [-0.39, 0.29) is 6.61 Å². The minimum atomic E-state index is 0.140. The van der Waals surface area contributed by atoms with Crippen LogP contribution in [0.4, 0.5) is 0 Å². The second kappa shape index (κ2) is 6.62. The standard InChI is InChI=1S/C17H25N3O/c18-10-9-13-7-4-8-15-16(13)17(19-20(15)11-12-21)14-5-2-1-3-6-14/h13-14,21H,1-9,11-12H2. The van der Waals surface area contributed by atoms with Gasteiger partial charge in [0, 0.05) is 29.5 Å². The van der Waals surface area contributed by atoms with Crippen LogP contribution < -0.4 is 0 Å². The van der Waals surface area contributed by atoms with Gasteiger partial charge in [-0.05, 0) is 32.1 Å². The van der Waals surface area contributed by atoms with E-state index in [0.717, 1.165) is 19.3 Å². The number of aromatic nitrogens is 2. The van der Waals surface area contributed by atoms with Gasteiger partial charge in [-0.15, -0.1) is 0 Å². The minimum absolute atomic E-state index is 0.140. The summed E-state index contributed by atoms with van der Waals surface area (Å²) in [5.41, 5.74) is 3.94. The molecule has 0 radical (unpaired) electrons. The number of nitrogens with zero attached hydrogens (tertiary/aromatic N) is 3. The first-order valence-electron chi connectivity index (χ1n) is 8.42. The first-order valence-corrected chi connectivity index (χ1v) is 8.42. The maximum atomic E-state index is 9.30. The molecule has 1 N–H and O–H groups in total. The normalized spacial score (nSPS) is 22.8. The van der Waals surface area contributed by atoms with Crippen molar-refractivity contribution in [1.29, 1.82) is 5.26 Å². The fraction of sp³-hybridized carbons (Fsp3) is 0.765. The zero-order chi connectivity index (χ0) is 14.7. The highest BCUT2D eigenvalue weighted by molar-refractivity contribution is 5.36. The third-order valence-corrected chi connectivity index (χ3v) is 5.14. The Balaban J connectivity index is 1.99. The Morgan fingerprint density at radius 2 is 2.00 bits per heavy atom. The predicted octanol–water partition coefficient (Wildman–Crippen LogP) is 3.26. The molecule has 0 saturated heterocycles. The molecule has 0 spiro atoms. The van der Waals surface area contributed by atoms with Crippen molar-refractivity contribution >= 4 is 0 Å². The summed E-state index contributed by atoms with van der Waals surface area (Å²) in [7, 11) is 0. The smallest absolute Gasteiger partial charge is 0.0693 e. The lowest BCUT2D eigenvalue weighted by Gasteiger charge is -2.26. The topological polar surface area (TPSA) is 61.8 Å². The Kier molecular flexibility index (Phi) is 4.60. The third-order valence-electron chi connectivity index (χ3n) is 5.14. The maximum absolute atomic E-state index is 9.30. The Bertz CT molecular complexity index is 523. The number of aliphatic hydroxyl groups excluding tert-OH is 1. The molecule has 2 aliphatic carbocycles. The summed E-state index contributed by atoms with van der Waals surface area (Å²) in [6.07, 6.45) is 10.3. The zero-order valence-corrected chi connectivity index (χ0v) is 12.7. The molecular formula is C17H25N3O. The van der Waals surface area contributed by atoms with E-state index < -0.39 is 0 Å². The van der Waals surface area contributed by atoms with E-state index in [1.165, 1.54) is 49.1 Å². The van der Waals surface area contributed by atoms with Crippen molar-refractivity contribution in [2.24, 2.45) is 0 Å². The molecule has 4 nitrogen and oxygen atoms in total. The van der Waals surface area contributed by atoms with Gasteiger partial charge < -0.3 is 5.11 Å². The Labute approximate surface area is 126 Å². The minimum Gasteiger partial charge on any atom is -0.394 e. The third kappa shape index (κ3) is 2.85. The fourth-order valence-corrected chi connectivity index (χ4v) is 4.17. The van der Waals surface area contributed by atoms with Crippen LogP contribution in [-0.4, -0.2) is 21.5 Å². The van der Waals surface area contributed by atoms with E-state index in [9.17, 15) is 5.11 Å². The average molecular weight is 287 g/mol. The molecule has 1 heterocycles. The van der Waals surface area contributed by atoms with E-state index in [4.69, 9.17) is 10.4 Å². The molecule has 1 aromatic heterocycles. The number of aliphatic hydroxyl groups is 1. The number of nitriles is 1. The molecule has 4 heteroatoms. The van der Waals surface area contributed by atoms with Crippen LogP contribution in [0.5, 0.6) is 0 Å². The highest BCUT2D eigenvalue weighted by Gasteiger charge is 2.32. The molecule has 2 aliphatic rings. The van der Waals surface area contributed by atoms with Gasteiger partial charge in [0.2, 0.25) is 0 Å². The molecule has 0 bridgehead atoms. The molecule has 21 heavy (non-hydrogen) atoms. The van der Waals surface area contributed by atoms with Gasteiger partial charge >= 0.3 is 0 Å². The Morgan fingerprint density at radius 1 is 1.19 bits per heavy atom. The van der Waals surface area contributed by atoms with Crippen molar-refractivity contribution in [3.63, 3.8) is 0 Å². The molecule has 3 rings (SSSR count). The predicted molar refractivity (Wildman–Crippen MR) is 81.0 cm³/mol. The van der Waals surface area contributed by atoms with Gasteiger partial charge in [-0.2, -0.15) is 10.4 Å². The van der Waals surface area contributed by atoms with Gasteiger partial charge in [0.15, 0.2) is 0 Å². The highest BCUT2D eigenvalue weighted by Crippen LogP contribution is 2.42. The number of hydrogen-bond donors (Lipinski definition) is 1. The Hall–Kier alpha value is -1.34. The van der Waals surface area contributed by atoms with Crippen molar-refractivity contribution < 1.29 is 5.11 Å². The molecule has 1 fully saturated rings. The van der Waals surface area contributed by atoms with Crippen LogP contribution in [0.2, 0.25) is 0 Å². The molecule has 1 aromatic rings. The molecule has 1 saturated carbocycles. The average Bonchev–Trinajstić information content (AvgIpc) is 2.89. The molecule has 1 unspecified atom stereocenters. The van der Waals surface area contributed by atoms with Crippen molar-refractivity contribution in [3.05, 3.63) is 17.0 Å². The summed E-state index contributed by atoms with van der Waals surface area (Å²) < 4.78 is 2.03. The van der Waals surface area contributed by atoms with E-state index >= 15 is 0 Å². The lowest BCUT2D eigenvalue weighted by molar-refractivity contribution is 0.266. The van der Waals surface area contributed by atoms with Gasteiger partial charge in [-0.3, -0.25) is 4.68 Å². The monoisotopic (exact) mass is 287 g/mol. The summed E-state index contributed by atoms with van der Waals surface area (Å²) in [5, 5.41) is 23.3. The first-order chi connectivity index (χ1) is 10.3. The summed E-state index contributed by atoms with van der Waals surface area (Å²) in [5.74, 6) is 0.940. The highest BCUT2D eigenvalue weighted by atomic mass is 16.3. The summed E-state index contributed by atoms with van der Waals surface area (Å²) in [4.78, 5) is 0. The van der Waals surface area contributed by atoms with Crippen molar-refractivity contribution in [3.8, 4) is 6.07 Å². The van der Waals surface area contributed by atoms with Crippen LogP contribution in [0.15, 0.2) is 0 Å². The van der Waals surface area contributed by atoms with Gasteiger partial charge in [0.25, 0.3) is 0 Å². The number of hydrogen-bond acceptors (Lipinski definition) is 3. The van der Waals surface area contributed by atoms with E-state index in [2.05, 4.69) is 6.07 Å². The zero-order valence-electron chi connectivity index (χ0n) is 12.7. The largest absolute Gasteiger partial charge is 0.394 e. The van der Waals surface area contributed by atoms with E-state index in [0.29, 0.717) is 24.8 Å². The number of fused-ring (bicyclic) bond motifs is 1. The molecular weight excluding hydrogens is 262 g/mol. The molecule has 1 atom stereocenters. The quantitative estimate of drug-likeness (QED) is 0.924. The van der Waals surface area contributed by atoms with Crippen LogP contribution >= 0.6 is 0 Å². The van der Waals surface area contributed by atoms with Gasteiger partial charge in [-0.25, -0.2) is 0 Å². The molecule has 0 amide bonds. The number of rotatable bonds is 4.